The molecule has 1 aromatic heterocycles. The maximum Gasteiger partial charge on any atom is 0.287 e. The molecule has 1 aliphatic carbocycles. The molecule has 0 spiro atoms. The number of halogens is 2. The fourth-order valence-electron chi connectivity index (χ4n) is 3.63. The third kappa shape index (κ3) is 5.13. The zero-order chi connectivity index (χ0) is 19.5. The Balaban J connectivity index is 0.00000240. The first kappa shape index (κ1) is 21.7. The Morgan fingerprint density at radius 2 is 1.79 bits per heavy atom. The zero-order valence-electron chi connectivity index (χ0n) is 15.9. The number of hydrogen-bond donors (Lipinski definition) is 2. The van der Waals surface area contributed by atoms with E-state index < -0.39 is 0 Å². The van der Waals surface area contributed by atoms with Crippen molar-refractivity contribution in [1.29, 1.82) is 0 Å². The number of benzene rings is 2. The molecule has 0 bridgehead atoms. The summed E-state index contributed by atoms with van der Waals surface area (Å²) in [5, 5.41) is 4.05. The molecule has 4 nitrogen and oxygen atoms in total. The highest BCUT2D eigenvalue weighted by Gasteiger charge is 2.25. The summed E-state index contributed by atoms with van der Waals surface area (Å²) >= 11 is 1.56. The summed E-state index contributed by atoms with van der Waals surface area (Å²) in [5.74, 6) is 0.503. The van der Waals surface area contributed by atoms with Crippen LogP contribution in [0.15, 0.2) is 57.8 Å². The molecule has 3 aromatic rings. The van der Waals surface area contributed by atoms with E-state index in [9.17, 15) is 9.18 Å². The van der Waals surface area contributed by atoms with E-state index in [1.165, 1.54) is 12.1 Å². The summed E-state index contributed by atoms with van der Waals surface area (Å²) in [7, 11) is 0. The number of fused-ring (bicyclic) bond motifs is 1. The largest absolute Gasteiger partial charge is 0.451 e. The summed E-state index contributed by atoms with van der Waals surface area (Å²) in [6.45, 7) is 0. The van der Waals surface area contributed by atoms with Crippen LogP contribution in [0, 0.1) is 5.82 Å². The number of nitrogens with two attached hydrogens (primary N) is 1. The standard InChI is InChI=1S/C22H23FN2O2S.ClH/c23-14-5-11-17(12-6-14)28-13-19-18-3-1-2-4-20(18)27-21(19)22(26)25-16-9-7-15(24)8-10-16;/h1-6,11-12,15-16H,7-10,13,24H2,(H,25,26);1H. The third-order valence-corrected chi connectivity index (χ3v) is 6.25. The molecule has 3 N–H and O–H groups in total. The van der Waals surface area contributed by atoms with Crippen LogP contribution in [0.1, 0.15) is 41.8 Å². The lowest BCUT2D eigenvalue weighted by Gasteiger charge is -2.26. The van der Waals surface area contributed by atoms with E-state index in [-0.39, 0.29) is 36.2 Å². The number of amides is 1. The fourth-order valence-corrected chi connectivity index (χ4v) is 4.55. The Morgan fingerprint density at radius 3 is 2.52 bits per heavy atom. The number of carbonyl (C=O) groups excluding carboxylic acids is 1. The highest BCUT2D eigenvalue weighted by molar-refractivity contribution is 7.98. The predicted octanol–water partition coefficient (Wildman–Crippen LogP) is 5.29. The maximum absolute atomic E-state index is 13.1. The van der Waals surface area contributed by atoms with Crippen molar-refractivity contribution in [3.8, 4) is 0 Å². The van der Waals surface area contributed by atoms with Gasteiger partial charge in [-0.25, -0.2) is 4.39 Å². The minimum atomic E-state index is -0.259. The first-order valence-corrected chi connectivity index (χ1v) is 10.5. The van der Waals surface area contributed by atoms with Crippen molar-refractivity contribution in [1.82, 2.24) is 5.32 Å². The number of carbonyl (C=O) groups is 1. The van der Waals surface area contributed by atoms with Gasteiger partial charge in [0.05, 0.1) is 0 Å². The molecule has 1 heterocycles. The first-order chi connectivity index (χ1) is 13.6. The van der Waals surface area contributed by atoms with E-state index in [1.807, 2.05) is 24.3 Å². The van der Waals surface area contributed by atoms with Crippen LogP contribution in [0.5, 0.6) is 0 Å². The molecule has 2 aromatic carbocycles. The molecular formula is C22H24ClFN2O2S. The van der Waals surface area contributed by atoms with E-state index in [0.717, 1.165) is 41.5 Å². The second-order valence-electron chi connectivity index (χ2n) is 7.23. The first-order valence-electron chi connectivity index (χ1n) is 9.55. The molecule has 0 aliphatic heterocycles. The van der Waals surface area contributed by atoms with Crippen LogP contribution in [0.25, 0.3) is 11.0 Å². The van der Waals surface area contributed by atoms with Gasteiger partial charge in [-0.3, -0.25) is 4.79 Å². The molecule has 1 aliphatic rings. The summed E-state index contributed by atoms with van der Waals surface area (Å²) in [6, 6.07) is 14.4. The van der Waals surface area contributed by atoms with E-state index >= 15 is 0 Å². The normalized spacial score (nSPS) is 19.0. The van der Waals surface area contributed by atoms with Crippen LogP contribution in [-0.2, 0) is 5.75 Å². The second-order valence-corrected chi connectivity index (χ2v) is 8.28. The van der Waals surface area contributed by atoms with Crippen LogP contribution in [0.2, 0.25) is 0 Å². The molecule has 4 rings (SSSR count). The van der Waals surface area contributed by atoms with E-state index in [2.05, 4.69) is 5.32 Å². The molecule has 0 atom stereocenters. The molecular weight excluding hydrogens is 411 g/mol. The Bertz CT molecular complexity index is 969. The Labute approximate surface area is 179 Å². The molecule has 7 heteroatoms. The summed E-state index contributed by atoms with van der Waals surface area (Å²) < 4.78 is 19.1. The van der Waals surface area contributed by atoms with E-state index in [1.54, 1.807) is 23.9 Å². The highest BCUT2D eigenvalue weighted by Crippen LogP contribution is 2.32. The third-order valence-electron chi connectivity index (χ3n) is 5.21. The maximum atomic E-state index is 13.1. The van der Waals surface area contributed by atoms with Gasteiger partial charge in [0.1, 0.15) is 11.4 Å². The molecule has 154 valence electrons. The summed E-state index contributed by atoms with van der Waals surface area (Å²) in [6.07, 6.45) is 3.65. The second kappa shape index (κ2) is 9.65. The average Bonchev–Trinajstić information content (AvgIpc) is 3.08. The smallest absolute Gasteiger partial charge is 0.287 e. The SMILES string of the molecule is Cl.NC1CCC(NC(=O)c2oc3ccccc3c2CSc2ccc(F)cc2)CC1. The van der Waals surface area contributed by atoms with Crippen LogP contribution < -0.4 is 11.1 Å². The highest BCUT2D eigenvalue weighted by atomic mass is 35.5. The van der Waals surface area contributed by atoms with Gasteiger partial charge in [-0.2, -0.15) is 0 Å². The topological polar surface area (TPSA) is 68.3 Å². The van der Waals surface area contributed by atoms with Crippen molar-refractivity contribution >= 4 is 41.0 Å². The zero-order valence-corrected chi connectivity index (χ0v) is 17.5. The quantitative estimate of drug-likeness (QED) is 0.535. The molecule has 0 unspecified atom stereocenters. The monoisotopic (exact) mass is 434 g/mol. The minimum Gasteiger partial charge on any atom is -0.451 e. The van der Waals surface area contributed by atoms with Gasteiger partial charge in [-0.15, -0.1) is 24.2 Å². The van der Waals surface area contributed by atoms with Crippen molar-refractivity contribution in [2.24, 2.45) is 5.73 Å². The van der Waals surface area contributed by atoms with Crippen molar-refractivity contribution in [2.75, 3.05) is 0 Å². The van der Waals surface area contributed by atoms with Gasteiger partial charge in [0.15, 0.2) is 5.76 Å². The Hall–Kier alpha value is -2.02. The van der Waals surface area contributed by atoms with Gasteiger partial charge in [-0.05, 0) is 56.0 Å². The number of para-hydroxylation sites is 1. The number of hydrogen-bond acceptors (Lipinski definition) is 4. The van der Waals surface area contributed by atoms with E-state index in [0.29, 0.717) is 17.1 Å². The van der Waals surface area contributed by atoms with Gasteiger partial charge < -0.3 is 15.5 Å². The average molecular weight is 435 g/mol. The van der Waals surface area contributed by atoms with Crippen molar-refractivity contribution < 1.29 is 13.6 Å². The van der Waals surface area contributed by atoms with Crippen LogP contribution in [-0.4, -0.2) is 18.0 Å². The molecule has 1 saturated carbocycles. The lowest BCUT2D eigenvalue weighted by atomic mass is 9.92. The molecule has 1 fully saturated rings. The minimum absolute atomic E-state index is 0. The number of nitrogens with one attached hydrogen (secondary N) is 1. The number of furan rings is 1. The number of thioether (sulfide) groups is 1. The van der Waals surface area contributed by atoms with Gasteiger partial charge >= 0.3 is 0 Å². The summed E-state index contributed by atoms with van der Waals surface area (Å²) in [4.78, 5) is 13.9. The van der Waals surface area contributed by atoms with Gasteiger partial charge in [0.25, 0.3) is 5.91 Å². The molecule has 29 heavy (non-hydrogen) atoms. The predicted molar refractivity (Wildman–Crippen MR) is 117 cm³/mol. The fraction of sp³-hybridized carbons (Fsp3) is 0.318. The van der Waals surface area contributed by atoms with Crippen LogP contribution >= 0.6 is 24.2 Å². The summed E-state index contributed by atoms with van der Waals surface area (Å²) in [5.41, 5.74) is 7.53. The van der Waals surface area contributed by atoms with Crippen LogP contribution in [0.3, 0.4) is 0 Å². The van der Waals surface area contributed by atoms with Gasteiger partial charge in [0.2, 0.25) is 0 Å². The lowest BCUT2D eigenvalue weighted by Crippen LogP contribution is -2.40. The lowest BCUT2D eigenvalue weighted by molar-refractivity contribution is 0.0899. The number of rotatable bonds is 5. The van der Waals surface area contributed by atoms with Crippen LogP contribution in [0.4, 0.5) is 4.39 Å². The van der Waals surface area contributed by atoms with Gasteiger partial charge in [-0.1, -0.05) is 18.2 Å². The molecule has 0 radical (unpaired) electrons. The molecule has 1 amide bonds. The van der Waals surface area contributed by atoms with Gasteiger partial charge in [0, 0.05) is 33.7 Å². The van der Waals surface area contributed by atoms with Crippen molar-refractivity contribution in [3.63, 3.8) is 0 Å². The Kier molecular flexibility index (Phi) is 7.22. The van der Waals surface area contributed by atoms with Crippen molar-refractivity contribution in [2.45, 2.75) is 48.4 Å². The van der Waals surface area contributed by atoms with Crippen molar-refractivity contribution in [3.05, 3.63) is 65.7 Å². The van der Waals surface area contributed by atoms with E-state index in [4.69, 9.17) is 10.2 Å². The Morgan fingerprint density at radius 1 is 1.10 bits per heavy atom. The molecule has 0 saturated heterocycles.